The molecule has 0 fully saturated rings. The zero-order valence-electron chi connectivity index (χ0n) is 14.6. The molecule has 2 aromatic carbocycles. The fourth-order valence-corrected chi connectivity index (χ4v) is 1.71. The first-order valence-electron chi connectivity index (χ1n) is 7.80. The fraction of sp³-hybridized carbons (Fsp3) is 0.333. The number of hydrogen-bond donors (Lipinski definition) is 5. The molecule has 0 saturated heterocycles. The van der Waals surface area contributed by atoms with Crippen molar-refractivity contribution in [3.63, 3.8) is 0 Å². The van der Waals surface area contributed by atoms with Gasteiger partial charge in [0.25, 0.3) is 0 Å². The van der Waals surface area contributed by atoms with E-state index in [0.29, 0.717) is 0 Å². The van der Waals surface area contributed by atoms with E-state index in [1.54, 1.807) is 20.8 Å². The van der Waals surface area contributed by atoms with Crippen LogP contribution in [0.5, 0.6) is 0 Å². The van der Waals surface area contributed by atoms with Crippen molar-refractivity contribution < 1.29 is 15.3 Å². The molecule has 0 aromatic heterocycles. The summed E-state index contributed by atoms with van der Waals surface area (Å²) in [5, 5.41) is 22.7. The molecule has 0 saturated carbocycles. The molecule has 0 aliphatic rings. The number of hydrogen-bond acceptors (Lipinski definition) is 6. The van der Waals surface area contributed by atoms with Gasteiger partial charge < -0.3 is 24.8 Å². The molecule has 5 N–H and O–H groups in total. The van der Waals surface area contributed by atoms with E-state index in [1.807, 2.05) is 60.7 Å². The maximum absolute atomic E-state index is 7.57. The van der Waals surface area contributed by atoms with Gasteiger partial charge in [0.1, 0.15) is 0 Å². The van der Waals surface area contributed by atoms with Crippen molar-refractivity contribution in [3.05, 3.63) is 60.7 Å². The third-order valence-electron chi connectivity index (χ3n) is 1.89. The zero-order chi connectivity index (χ0) is 18.5. The Bertz CT molecular complexity index is 400. The molecule has 0 radical (unpaired) electrons. The summed E-state index contributed by atoms with van der Waals surface area (Å²) in [6.45, 7) is 5.79. The summed E-state index contributed by atoms with van der Waals surface area (Å²) in [5.74, 6) is 0. The summed E-state index contributed by atoms with van der Waals surface area (Å²) >= 11 is 1.46. The third kappa shape index (κ3) is 18.3. The molecular weight excluding hydrogens is 324 g/mol. The van der Waals surface area contributed by atoms with E-state index in [1.165, 1.54) is 12.1 Å². The van der Waals surface area contributed by atoms with Gasteiger partial charge in [-0.3, -0.25) is 0 Å². The Labute approximate surface area is 150 Å². The van der Waals surface area contributed by atoms with E-state index >= 15 is 0 Å². The molecule has 0 amide bonds. The Morgan fingerprint density at radius 2 is 0.875 bits per heavy atom. The minimum Gasteiger partial charge on any atom is -0.397 e. The first-order valence-corrected chi connectivity index (χ1v) is 8.62. The second-order valence-corrected chi connectivity index (χ2v) is 4.60. The Balaban J connectivity index is 0. The average Bonchev–Trinajstić information content (AvgIpc) is 2.59. The molecule has 0 unspecified atom stereocenters. The Hall–Kier alpha value is -1.73. The van der Waals surface area contributed by atoms with Crippen molar-refractivity contribution >= 4 is 23.5 Å². The summed E-state index contributed by atoms with van der Waals surface area (Å²) in [4.78, 5) is 0. The molecule has 6 heteroatoms. The topological polar surface area (TPSA) is 84.8 Å². The standard InChI is InChI=1S/C12H12N2S.3C2H6O/c1-3-7-11(8-4-1)13-15-14-12-9-5-2-6-10-12;3*1-2-3/h1-10,13-14H;3*3H,2H2,1H3. The highest BCUT2D eigenvalue weighted by Crippen LogP contribution is 2.14. The van der Waals surface area contributed by atoms with Gasteiger partial charge in [-0.15, -0.1) is 0 Å². The lowest BCUT2D eigenvalue weighted by atomic mass is 10.3. The van der Waals surface area contributed by atoms with Crippen LogP contribution < -0.4 is 9.44 Å². The number of aliphatic hydroxyl groups excluding tert-OH is 3. The van der Waals surface area contributed by atoms with E-state index in [4.69, 9.17) is 15.3 Å². The van der Waals surface area contributed by atoms with Crippen LogP contribution in [0.1, 0.15) is 20.8 Å². The van der Waals surface area contributed by atoms with Crippen LogP contribution in [0.2, 0.25) is 0 Å². The van der Waals surface area contributed by atoms with E-state index < -0.39 is 0 Å². The molecular formula is C18H30N2O3S. The molecule has 0 atom stereocenters. The lowest BCUT2D eigenvalue weighted by Gasteiger charge is -2.06. The van der Waals surface area contributed by atoms with Crippen LogP contribution in [0.3, 0.4) is 0 Å². The lowest BCUT2D eigenvalue weighted by Crippen LogP contribution is -1.93. The quantitative estimate of drug-likeness (QED) is 0.538. The van der Waals surface area contributed by atoms with Crippen LogP contribution in [-0.4, -0.2) is 35.1 Å². The molecule has 24 heavy (non-hydrogen) atoms. The largest absolute Gasteiger partial charge is 0.397 e. The monoisotopic (exact) mass is 354 g/mol. The molecule has 5 nitrogen and oxygen atoms in total. The minimum atomic E-state index is 0.250. The second kappa shape index (κ2) is 21.3. The molecule has 0 heterocycles. The SMILES string of the molecule is CCO.CCO.CCO.c1ccc(NSNc2ccccc2)cc1. The molecule has 0 bridgehead atoms. The van der Waals surface area contributed by atoms with E-state index in [2.05, 4.69) is 9.44 Å². The van der Waals surface area contributed by atoms with Crippen molar-refractivity contribution in [2.75, 3.05) is 29.3 Å². The van der Waals surface area contributed by atoms with Crippen LogP contribution in [-0.2, 0) is 0 Å². The van der Waals surface area contributed by atoms with Gasteiger partial charge in [-0.05, 0) is 45.0 Å². The third-order valence-corrected chi connectivity index (χ3v) is 2.56. The van der Waals surface area contributed by atoms with Gasteiger partial charge in [0, 0.05) is 31.2 Å². The van der Waals surface area contributed by atoms with Gasteiger partial charge in [0.05, 0.1) is 12.1 Å². The summed E-state index contributed by atoms with van der Waals surface area (Å²) in [7, 11) is 0. The van der Waals surface area contributed by atoms with Crippen LogP contribution >= 0.6 is 12.1 Å². The minimum absolute atomic E-state index is 0.250. The van der Waals surface area contributed by atoms with Gasteiger partial charge in [0.2, 0.25) is 0 Å². The van der Waals surface area contributed by atoms with Crippen LogP contribution in [0.4, 0.5) is 11.4 Å². The van der Waals surface area contributed by atoms with Crippen molar-refractivity contribution in [1.82, 2.24) is 0 Å². The van der Waals surface area contributed by atoms with Gasteiger partial charge >= 0.3 is 0 Å². The average molecular weight is 355 g/mol. The van der Waals surface area contributed by atoms with Crippen LogP contribution in [0.25, 0.3) is 0 Å². The zero-order valence-corrected chi connectivity index (χ0v) is 15.5. The summed E-state index contributed by atoms with van der Waals surface area (Å²) in [6.07, 6.45) is 0. The summed E-state index contributed by atoms with van der Waals surface area (Å²) in [5.41, 5.74) is 2.18. The normalized spacial score (nSPS) is 8.25. The van der Waals surface area contributed by atoms with Crippen molar-refractivity contribution in [3.8, 4) is 0 Å². The van der Waals surface area contributed by atoms with Crippen LogP contribution in [0.15, 0.2) is 60.7 Å². The molecule has 2 aromatic rings. The van der Waals surface area contributed by atoms with Crippen molar-refractivity contribution in [1.29, 1.82) is 0 Å². The number of anilines is 2. The predicted molar refractivity (Wildman–Crippen MR) is 106 cm³/mol. The number of nitrogens with one attached hydrogen (secondary N) is 2. The van der Waals surface area contributed by atoms with E-state index in [-0.39, 0.29) is 19.8 Å². The molecule has 0 aliphatic carbocycles. The highest BCUT2D eigenvalue weighted by molar-refractivity contribution is 8.01. The highest BCUT2D eigenvalue weighted by atomic mass is 32.2. The van der Waals surface area contributed by atoms with E-state index in [9.17, 15) is 0 Å². The van der Waals surface area contributed by atoms with Crippen molar-refractivity contribution in [2.45, 2.75) is 20.8 Å². The van der Waals surface area contributed by atoms with E-state index in [0.717, 1.165) is 11.4 Å². The fourth-order valence-electron chi connectivity index (χ4n) is 1.16. The smallest absolute Gasteiger partial charge is 0.0655 e. The second-order valence-electron chi connectivity index (χ2n) is 3.99. The Kier molecular flexibility index (Phi) is 21.7. The number of para-hydroxylation sites is 2. The first kappa shape index (κ1) is 24.5. The molecule has 0 aliphatic heterocycles. The molecule has 136 valence electrons. The number of benzene rings is 2. The summed E-state index contributed by atoms with van der Waals surface area (Å²) in [6, 6.07) is 20.1. The maximum atomic E-state index is 7.57. The van der Waals surface area contributed by atoms with Crippen molar-refractivity contribution in [2.24, 2.45) is 0 Å². The summed E-state index contributed by atoms with van der Waals surface area (Å²) < 4.78 is 6.40. The maximum Gasteiger partial charge on any atom is 0.0655 e. The molecule has 2 rings (SSSR count). The van der Waals surface area contributed by atoms with Crippen LogP contribution in [0, 0.1) is 0 Å². The van der Waals surface area contributed by atoms with Gasteiger partial charge in [-0.25, -0.2) is 0 Å². The Morgan fingerprint density at radius 3 is 1.12 bits per heavy atom. The lowest BCUT2D eigenvalue weighted by molar-refractivity contribution is 0.318. The number of rotatable bonds is 4. The predicted octanol–water partition coefficient (Wildman–Crippen LogP) is 3.77. The first-order chi connectivity index (χ1) is 11.7. The highest BCUT2D eigenvalue weighted by Gasteiger charge is 1.90. The van der Waals surface area contributed by atoms with Gasteiger partial charge in [0.15, 0.2) is 0 Å². The Morgan fingerprint density at radius 1 is 0.625 bits per heavy atom. The molecule has 0 spiro atoms. The number of aliphatic hydroxyl groups is 3. The van der Waals surface area contributed by atoms with Gasteiger partial charge in [-0.2, -0.15) is 0 Å². The van der Waals surface area contributed by atoms with Gasteiger partial charge in [-0.1, -0.05) is 36.4 Å².